The molecule has 2 nitrogen and oxygen atoms in total. The first kappa shape index (κ1) is 20.4. The van der Waals surface area contributed by atoms with Gasteiger partial charge in [-0.3, -0.25) is 0 Å². The zero-order valence-corrected chi connectivity index (χ0v) is 18.6. The summed E-state index contributed by atoms with van der Waals surface area (Å²) in [7, 11) is -2.22. The lowest BCUT2D eigenvalue weighted by Crippen LogP contribution is -2.41. The van der Waals surface area contributed by atoms with E-state index in [-0.39, 0.29) is 18.3 Å². The van der Waals surface area contributed by atoms with Gasteiger partial charge in [0.25, 0.3) is 0 Å². The maximum atomic E-state index is 6.49. The van der Waals surface area contributed by atoms with Crippen molar-refractivity contribution in [2.45, 2.75) is 38.9 Å². The molecule has 0 bridgehead atoms. The Bertz CT molecular complexity index is 830. The topological polar surface area (TPSA) is 18.5 Å². The standard InChI is InChI=1S/C25H29BO2P/c1-24(2)25(3,4)28-26(27-24)20-29(21-14-8-5-9-15-21,22-16-10-6-11-17-22)23-18-12-7-13-19-23/h5-19H,20H2,1-4H3/q+1. The minimum Gasteiger partial charge on any atom is -0.401 e. The first-order chi connectivity index (χ1) is 13.9. The van der Waals surface area contributed by atoms with Gasteiger partial charge in [0.15, 0.2) is 0 Å². The first-order valence-corrected chi connectivity index (χ1v) is 12.2. The fourth-order valence-electron chi connectivity index (χ4n) is 4.07. The van der Waals surface area contributed by atoms with Crippen LogP contribution in [0.25, 0.3) is 0 Å². The molecule has 0 spiro atoms. The van der Waals surface area contributed by atoms with Gasteiger partial charge < -0.3 is 9.31 Å². The molecule has 0 aliphatic carbocycles. The van der Waals surface area contributed by atoms with E-state index in [1.807, 2.05) is 0 Å². The molecule has 0 radical (unpaired) electrons. The lowest BCUT2D eigenvalue weighted by Gasteiger charge is -2.32. The maximum Gasteiger partial charge on any atom is 0.499 e. The third-order valence-corrected chi connectivity index (χ3v) is 10.7. The van der Waals surface area contributed by atoms with E-state index in [9.17, 15) is 0 Å². The van der Waals surface area contributed by atoms with Crippen LogP contribution in [-0.2, 0) is 9.31 Å². The van der Waals surface area contributed by atoms with E-state index in [1.54, 1.807) is 0 Å². The molecule has 148 valence electrons. The molecule has 1 aliphatic heterocycles. The van der Waals surface area contributed by atoms with Gasteiger partial charge in [-0.05, 0) is 64.1 Å². The van der Waals surface area contributed by atoms with Crippen molar-refractivity contribution in [2.75, 3.05) is 6.06 Å². The van der Waals surface area contributed by atoms with Gasteiger partial charge >= 0.3 is 7.12 Å². The summed E-state index contributed by atoms with van der Waals surface area (Å²) in [5, 5.41) is 4.06. The van der Waals surface area contributed by atoms with Crippen LogP contribution in [0.2, 0.25) is 0 Å². The van der Waals surface area contributed by atoms with Gasteiger partial charge in [-0.2, -0.15) is 0 Å². The molecule has 1 saturated heterocycles. The molecule has 1 aliphatic rings. The van der Waals surface area contributed by atoms with Crippen LogP contribution in [0.5, 0.6) is 0 Å². The van der Waals surface area contributed by atoms with Gasteiger partial charge in [0.05, 0.1) is 11.2 Å². The van der Waals surface area contributed by atoms with Crippen molar-refractivity contribution in [1.82, 2.24) is 0 Å². The van der Waals surface area contributed by atoms with Crippen molar-refractivity contribution in [3.05, 3.63) is 91.0 Å². The number of hydrogen-bond donors (Lipinski definition) is 0. The molecule has 0 N–H and O–H groups in total. The molecule has 0 amide bonds. The summed E-state index contributed by atoms with van der Waals surface area (Å²) in [4.78, 5) is 0. The van der Waals surface area contributed by atoms with Crippen molar-refractivity contribution in [2.24, 2.45) is 0 Å². The Morgan fingerprint density at radius 1 is 0.586 bits per heavy atom. The minimum atomic E-state index is -1.97. The van der Waals surface area contributed by atoms with E-state index in [1.165, 1.54) is 15.9 Å². The van der Waals surface area contributed by atoms with Crippen LogP contribution in [-0.4, -0.2) is 24.4 Å². The lowest BCUT2D eigenvalue weighted by molar-refractivity contribution is 0.00578. The number of benzene rings is 3. The second kappa shape index (κ2) is 7.72. The number of hydrogen-bond acceptors (Lipinski definition) is 2. The van der Waals surface area contributed by atoms with Crippen LogP contribution in [0, 0.1) is 0 Å². The highest BCUT2D eigenvalue weighted by molar-refractivity contribution is 7.96. The zero-order chi connectivity index (χ0) is 20.5. The van der Waals surface area contributed by atoms with Crippen LogP contribution >= 0.6 is 7.26 Å². The van der Waals surface area contributed by atoms with E-state index in [2.05, 4.69) is 119 Å². The molecule has 0 unspecified atom stereocenters. The van der Waals surface area contributed by atoms with Gasteiger partial charge in [0.2, 0.25) is 0 Å². The van der Waals surface area contributed by atoms with Crippen LogP contribution in [0.15, 0.2) is 91.0 Å². The van der Waals surface area contributed by atoms with E-state index in [0.29, 0.717) is 0 Å². The van der Waals surface area contributed by atoms with Gasteiger partial charge in [-0.1, -0.05) is 54.6 Å². The monoisotopic (exact) mass is 403 g/mol. The van der Waals surface area contributed by atoms with E-state index < -0.39 is 7.26 Å². The van der Waals surface area contributed by atoms with Gasteiger partial charge in [-0.15, -0.1) is 0 Å². The predicted molar refractivity (Wildman–Crippen MR) is 126 cm³/mol. The van der Waals surface area contributed by atoms with Gasteiger partial charge in [0, 0.05) is 0 Å². The third kappa shape index (κ3) is 3.68. The lowest BCUT2D eigenvalue weighted by atomic mass is 9.90. The molecule has 4 heteroatoms. The highest BCUT2D eigenvalue weighted by Crippen LogP contribution is 2.57. The summed E-state index contributed by atoms with van der Waals surface area (Å²) >= 11 is 0. The number of rotatable bonds is 5. The third-order valence-electron chi connectivity index (χ3n) is 6.32. The maximum absolute atomic E-state index is 6.49. The normalized spacial score (nSPS) is 18.0. The summed E-state index contributed by atoms with van der Waals surface area (Å²) in [6.07, 6.45) is 0. The van der Waals surface area contributed by atoms with Crippen LogP contribution in [0.3, 0.4) is 0 Å². The Balaban J connectivity index is 1.89. The Hall–Kier alpha value is -1.93. The predicted octanol–water partition coefficient (Wildman–Crippen LogP) is 4.61. The van der Waals surface area contributed by atoms with Crippen molar-refractivity contribution >= 4 is 30.3 Å². The first-order valence-electron chi connectivity index (χ1n) is 10.3. The van der Waals surface area contributed by atoms with Crippen molar-refractivity contribution in [1.29, 1.82) is 0 Å². The smallest absolute Gasteiger partial charge is 0.401 e. The summed E-state index contributed by atoms with van der Waals surface area (Å²) < 4.78 is 13.0. The molecule has 3 aromatic carbocycles. The quantitative estimate of drug-likeness (QED) is 0.458. The summed E-state index contributed by atoms with van der Waals surface area (Å²) in [6.45, 7) is 8.50. The molecule has 0 atom stereocenters. The molecule has 3 aromatic rings. The molecule has 4 rings (SSSR count). The Kier molecular flexibility index (Phi) is 5.42. The Morgan fingerprint density at radius 2 is 0.897 bits per heavy atom. The van der Waals surface area contributed by atoms with E-state index in [4.69, 9.17) is 9.31 Å². The molecule has 1 fully saturated rings. The molecule has 29 heavy (non-hydrogen) atoms. The average Bonchev–Trinajstić information content (AvgIpc) is 2.94. The minimum absolute atomic E-state index is 0.256. The molecule has 1 heterocycles. The van der Waals surface area contributed by atoms with E-state index in [0.717, 1.165) is 6.06 Å². The second-order valence-electron chi connectivity index (χ2n) is 8.68. The van der Waals surface area contributed by atoms with Crippen molar-refractivity contribution in [3.8, 4) is 0 Å². The zero-order valence-electron chi connectivity index (χ0n) is 17.7. The van der Waals surface area contributed by atoms with Crippen molar-refractivity contribution < 1.29 is 9.31 Å². The fraction of sp³-hybridized carbons (Fsp3) is 0.280. The highest BCUT2D eigenvalue weighted by atomic mass is 31.2. The van der Waals surface area contributed by atoms with Crippen LogP contribution in [0.4, 0.5) is 0 Å². The fourth-order valence-corrected chi connectivity index (χ4v) is 8.24. The highest BCUT2D eigenvalue weighted by Gasteiger charge is 2.58. The Morgan fingerprint density at radius 3 is 1.21 bits per heavy atom. The van der Waals surface area contributed by atoms with Gasteiger partial charge in [-0.25, -0.2) is 0 Å². The summed E-state index contributed by atoms with van der Waals surface area (Å²) in [5.74, 6) is 0. The summed E-state index contributed by atoms with van der Waals surface area (Å²) in [5.41, 5.74) is -0.672. The SMILES string of the molecule is CC1(C)OB(C[P+](c2ccccc2)(c2ccccc2)c2ccccc2)OC1(C)C. The second-order valence-corrected chi connectivity index (χ2v) is 12.2. The van der Waals surface area contributed by atoms with Crippen molar-refractivity contribution in [3.63, 3.8) is 0 Å². The average molecular weight is 403 g/mol. The Labute approximate surface area is 175 Å². The van der Waals surface area contributed by atoms with Gasteiger partial charge in [0.1, 0.15) is 29.2 Å². The van der Waals surface area contributed by atoms with Crippen LogP contribution < -0.4 is 15.9 Å². The van der Waals surface area contributed by atoms with Crippen LogP contribution in [0.1, 0.15) is 27.7 Å². The summed E-state index contributed by atoms with van der Waals surface area (Å²) in [6, 6.07) is 33.5. The van der Waals surface area contributed by atoms with E-state index >= 15 is 0 Å². The molecular formula is C25H29BO2P+. The molecule has 0 aromatic heterocycles. The largest absolute Gasteiger partial charge is 0.499 e. The molecule has 0 saturated carbocycles. The molecular weight excluding hydrogens is 374 g/mol.